The zero-order chi connectivity index (χ0) is 18.8. The Labute approximate surface area is 160 Å². The fraction of sp³-hybridized carbons (Fsp3) is 0.391. The molecule has 0 radical (unpaired) electrons. The molecule has 2 heterocycles. The predicted molar refractivity (Wildman–Crippen MR) is 111 cm³/mol. The number of nitrogens with one attached hydrogen (secondary N) is 2. The van der Waals surface area contributed by atoms with E-state index in [0.29, 0.717) is 6.04 Å². The Morgan fingerprint density at radius 3 is 2.59 bits per heavy atom. The summed E-state index contributed by atoms with van der Waals surface area (Å²) in [6, 6.07) is 13.6. The van der Waals surface area contributed by atoms with Gasteiger partial charge >= 0.3 is 0 Å². The van der Waals surface area contributed by atoms with Crippen molar-refractivity contribution in [1.29, 1.82) is 0 Å². The number of benzene rings is 2. The number of aryl methyl sites for hydroxylation is 1. The molecule has 1 aromatic heterocycles. The van der Waals surface area contributed by atoms with Crippen LogP contribution in [0.4, 0.5) is 0 Å². The maximum absolute atomic E-state index is 5.49. The van der Waals surface area contributed by atoms with Gasteiger partial charge in [0.2, 0.25) is 0 Å². The first-order valence-corrected chi connectivity index (χ1v) is 9.82. The molecule has 0 bridgehead atoms. The minimum Gasteiger partial charge on any atom is -0.493 e. The molecule has 1 fully saturated rings. The van der Waals surface area contributed by atoms with Crippen molar-refractivity contribution >= 4 is 10.9 Å². The van der Waals surface area contributed by atoms with E-state index in [1.807, 2.05) is 12.1 Å². The molecular formula is C23H28N2O2. The average molecular weight is 364 g/mol. The van der Waals surface area contributed by atoms with Crippen LogP contribution >= 0.6 is 0 Å². The van der Waals surface area contributed by atoms with Gasteiger partial charge in [0.15, 0.2) is 11.5 Å². The largest absolute Gasteiger partial charge is 0.493 e. The van der Waals surface area contributed by atoms with Gasteiger partial charge in [-0.3, -0.25) is 0 Å². The van der Waals surface area contributed by atoms with Crippen molar-refractivity contribution in [2.75, 3.05) is 20.8 Å². The molecule has 2 aromatic carbocycles. The number of hydrogen-bond donors (Lipinski definition) is 2. The third-order valence-electron chi connectivity index (χ3n) is 5.64. The first-order valence-electron chi connectivity index (χ1n) is 9.82. The highest BCUT2D eigenvalue weighted by Crippen LogP contribution is 2.36. The lowest BCUT2D eigenvalue weighted by Gasteiger charge is -2.10. The van der Waals surface area contributed by atoms with Gasteiger partial charge in [-0.1, -0.05) is 13.0 Å². The quantitative estimate of drug-likeness (QED) is 0.666. The van der Waals surface area contributed by atoms with Gasteiger partial charge in [-0.2, -0.15) is 0 Å². The molecule has 1 atom stereocenters. The third-order valence-corrected chi connectivity index (χ3v) is 5.64. The smallest absolute Gasteiger partial charge is 0.161 e. The normalized spacial score (nSPS) is 16.8. The zero-order valence-corrected chi connectivity index (χ0v) is 16.4. The van der Waals surface area contributed by atoms with E-state index in [-0.39, 0.29) is 0 Å². The fourth-order valence-corrected chi connectivity index (χ4v) is 4.24. The standard InChI is InChI=1S/C23H28N2O2/c1-4-18-19-13-15(12-17-6-5-11-24-17)7-9-20(19)25-23(18)16-8-10-21(26-2)22(14-16)27-3/h7-10,13-14,17,24-25H,4-6,11-12H2,1-3H3. The van der Waals surface area contributed by atoms with Crippen LogP contribution in [0, 0.1) is 0 Å². The van der Waals surface area contributed by atoms with Crippen molar-refractivity contribution < 1.29 is 9.47 Å². The number of rotatable bonds is 6. The number of ether oxygens (including phenoxy) is 2. The second kappa shape index (κ2) is 7.65. The highest BCUT2D eigenvalue weighted by molar-refractivity contribution is 5.91. The average Bonchev–Trinajstić information content (AvgIpc) is 3.34. The van der Waals surface area contributed by atoms with Crippen LogP contribution < -0.4 is 14.8 Å². The van der Waals surface area contributed by atoms with Crippen LogP contribution in [-0.2, 0) is 12.8 Å². The molecule has 0 amide bonds. The number of methoxy groups -OCH3 is 2. The summed E-state index contributed by atoms with van der Waals surface area (Å²) in [5.74, 6) is 1.51. The lowest BCUT2D eigenvalue weighted by Crippen LogP contribution is -2.23. The van der Waals surface area contributed by atoms with E-state index >= 15 is 0 Å². The molecule has 1 aliphatic rings. The van der Waals surface area contributed by atoms with Gasteiger partial charge in [-0.25, -0.2) is 0 Å². The monoisotopic (exact) mass is 364 g/mol. The molecule has 3 aromatic rings. The van der Waals surface area contributed by atoms with Crippen LogP contribution in [0.1, 0.15) is 30.9 Å². The molecule has 2 N–H and O–H groups in total. The van der Waals surface area contributed by atoms with Crippen molar-refractivity contribution in [2.45, 2.75) is 38.6 Å². The maximum atomic E-state index is 5.49. The summed E-state index contributed by atoms with van der Waals surface area (Å²) in [4.78, 5) is 3.63. The highest BCUT2D eigenvalue weighted by Gasteiger charge is 2.17. The topological polar surface area (TPSA) is 46.3 Å². The summed E-state index contributed by atoms with van der Waals surface area (Å²) in [5.41, 5.74) is 6.26. The number of hydrogen-bond acceptors (Lipinski definition) is 3. The second-order valence-electron chi connectivity index (χ2n) is 7.28. The minimum atomic E-state index is 0.622. The van der Waals surface area contributed by atoms with Crippen molar-refractivity contribution in [2.24, 2.45) is 0 Å². The van der Waals surface area contributed by atoms with Gasteiger partial charge in [-0.15, -0.1) is 0 Å². The van der Waals surface area contributed by atoms with E-state index in [0.717, 1.165) is 36.4 Å². The molecule has 27 heavy (non-hydrogen) atoms. The van der Waals surface area contributed by atoms with Gasteiger partial charge in [0.05, 0.1) is 14.2 Å². The molecule has 1 unspecified atom stereocenters. The van der Waals surface area contributed by atoms with Crippen molar-refractivity contribution in [1.82, 2.24) is 10.3 Å². The molecule has 0 aliphatic carbocycles. The van der Waals surface area contributed by atoms with E-state index in [4.69, 9.17) is 9.47 Å². The summed E-state index contributed by atoms with van der Waals surface area (Å²) >= 11 is 0. The van der Waals surface area contributed by atoms with Crippen LogP contribution in [0.5, 0.6) is 11.5 Å². The van der Waals surface area contributed by atoms with E-state index in [9.17, 15) is 0 Å². The Morgan fingerprint density at radius 1 is 1.04 bits per heavy atom. The predicted octanol–water partition coefficient (Wildman–Crippen LogP) is 4.71. The molecule has 0 saturated carbocycles. The summed E-state index contributed by atoms with van der Waals surface area (Å²) in [7, 11) is 3.34. The number of aromatic amines is 1. The minimum absolute atomic E-state index is 0.622. The Balaban J connectivity index is 1.74. The Morgan fingerprint density at radius 2 is 1.89 bits per heavy atom. The molecule has 1 aliphatic heterocycles. The summed E-state index contributed by atoms with van der Waals surface area (Å²) in [6.45, 7) is 3.37. The summed E-state index contributed by atoms with van der Waals surface area (Å²) < 4.78 is 10.9. The number of fused-ring (bicyclic) bond motifs is 1. The van der Waals surface area contributed by atoms with Crippen molar-refractivity contribution in [3.63, 3.8) is 0 Å². The van der Waals surface area contributed by atoms with Crippen LogP contribution in [0.2, 0.25) is 0 Å². The SMILES string of the molecule is CCc1c(-c2ccc(OC)c(OC)c2)[nH]c2ccc(CC3CCCN3)cc12. The number of aromatic nitrogens is 1. The molecule has 1 saturated heterocycles. The van der Waals surface area contributed by atoms with Gasteiger partial charge in [0.25, 0.3) is 0 Å². The van der Waals surface area contributed by atoms with Gasteiger partial charge < -0.3 is 19.8 Å². The molecule has 4 rings (SSSR count). The lowest BCUT2D eigenvalue weighted by atomic mass is 9.99. The second-order valence-corrected chi connectivity index (χ2v) is 7.28. The number of H-pyrrole nitrogens is 1. The Bertz CT molecular complexity index is 939. The molecule has 142 valence electrons. The fourth-order valence-electron chi connectivity index (χ4n) is 4.24. The molecule has 4 nitrogen and oxygen atoms in total. The van der Waals surface area contributed by atoms with E-state index in [1.54, 1.807) is 14.2 Å². The lowest BCUT2D eigenvalue weighted by molar-refractivity contribution is 0.355. The maximum Gasteiger partial charge on any atom is 0.161 e. The van der Waals surface area contributed by atoms with E-state index in [2.05, 4.69) is 41.5 Å². The van der Waals surface area contributed by atoms with Crippen molar-refractivity contribution in [3.8, 4) is 22.8 Å². The van der Waals surface area contributed by atoms with Crippen LogP contribution in [0.15, 0.2) is 36.4 Å². The summed E-state index contributed by atoms with van der Waals surface area (Å²) in [6.07, 6.45) is 4.66. The van der Waals surface area contributed by atoms with Crippen LogP contribution in [0.3, 0.4) is 0 Å². The van der Waals surface area contributed by atoms with Gasteiger partial charge in [0, 0.05) is 28.2 Å². The molecular weight excluding hydrogens is 336 g/mol. The van der Waals surface area contributed by atoms with Crippen LogP contribution in [-0.4, -0.2) is 31.8 Å². The Kier molecular flexibility index (Phi) is 5.08. The Hall–Kier alpha value is -2.46. The van der Waals surface area contributed by atoms with Crippen LogP contribution in [0.25, 0.3) is 22.2 Å². The van der Waals surface area contributed by atoms with Crippen molar-refractivity contribution in [3.05, 3.63) is 47.5 Å². The van der Waals surface area contributed by atoms with E-state index in [1.165, 1.54) is 40.6 Å². The van der Waals surface area contributed by atoms with Gasteiger partial charge in [0.1, 0.15) is 0 Å². The molecule has 0 spiro atoms. The first-order chi connectivity index (χ1) is 13.2. The highest BCUT2D eigenvalue weighted by atomic mass is 16.5. The molecule has 4 heteroatoms. The van der Waals surface area contributed by atoms with E-state index < -0.39 is 0 Å². The first kappa shape index (κ1) is 17.9. The van der Waals surface area contributed by atoms with Gasteiger partial charge in [-0.05, 0) is 73.7 Å². The zero-order valence-electron chi connectivity index (χ0n) is 16.4. The third kappa shape index (κ3) is 3.42. The summed E-state index contributed by atoms with van der Waals surface area (Å²) in [5, 5.41) is 4.93.